The van der Waals surface area contributed by atoms with Crippen LogP contribution in [0.3, 0.4) is 0 Å². The van der Waals surface area contributed by atoms with Gasteiger partial charge in [-0.05, 0) is 152 Å². The first kappa shape index (κ1) is 82.9. The monoisotopic (exact) mass is 1850 g/mol. The summed E-state index contributed by atoms with van der Waals surface area (Å²) in [4.78, 5) is 35.8. The second kappa shape index (κ2) is 34.9. The average Bonchev–Trinajstić information content (AvgIpc) is 1.56. The summed E-state index contributed by atoms with van der Waals surface area (Å²) in [6.45, 7) is 0. The van der Waals surface area contributed by atoms with Crippen LogP contribution in [-0.2, 0) is 0 Å². The molecule has 9 heterocycles. The summed E-state index contributed by atoms with van der Waals surface area (Å²) in [5, 5.41) is 15.4. The maximum Gasteiger partial charge on any atom is 0.238 e. The van der Waals surface area contributed by atoms with E-state index in [4.69, 9.17) is 39.3 Å². The Bertz CT molecular complexity index is 9910. The van der Waals surface area contributed by atoms with E-state index in [-0.39, 0.29) is 0 Å². The third-order valence-electron chi connectivity index (χ3n) is 27.4. The summed E-state index contributed by atoms with van der Waals surface area (Å²) in [7, 11) is 0. The highest BCUT2D eigenvalue weighted by atomic mass is 32.1. The molecule has 664 valence electrons. The number of furan rings is 1. The van der Waals surface area contributed by atoms with Crippen LogP contribution >= 0.6 is 22.7 Å². The molecule has 0 N–H and O–H groups in total. The van der Waals surface area contributed by atoms with Crippen LogP contribution in [0, 0.1) is 0 Å². The van der Waals surface area contributed by atoms with Gasteiger partial charge in [0.2, 0.25) is 17.8 Å². The second-order valence-electron chi connectivity index (χ2n) is 35.7. The average molecular weight is 1850 g/mol. The lowest BCUT2D eigenvalue weighted by atomic mass is 9.97. The molecule has 0 atom stereocenters. The van der Waals surface area contributed by atoms with Gasteiger partial charge in [0.05, 0.1) is 55.4 Å². The van der Waals surface area contributed by atoms with Crippen molar-refractivity contribution in [3.63, 3.8) is 0 Å². The summed E-state index contributed by atoms with van der Waals surface area (Å²) >= 11 is 3.71. The molecule has 0 fully saturated rings. The highest BCUT2D eigenvalue weighted by molar-refractivity contribution is 7.27. The minimum Gasteiger partial charge on any atom is -0.455 e. The molecule has 20 aromatic carbocycles. The third kappa shape index (κ3) is 14.6. The fourth-order valence-electron chi connectivity index (χ4n) is 20.6. The van der Waals surface area contributed by atoms with Gasteiger partial charge in [-0.3, -0.25) is 13.7 Å². The van der Waals surface area contributed by atoms with Crippen molar-refractivity contribution in [2.45, 2.75) is 0 Å². The Morgan fingerprint density at radius 3 is 1.11 bits per heavy atom. The first-order valence-corrected chi connectivity index (χ1v) is 49.3. The number of nitrogens with zero attached hydrogens (tertiary/aromatic N) is 10. The predicted molar refractivity (Wildman–Crippen MR) is 592 cm³/mol. The highest BCUT2D eigenvalue weighted by Crippen LogP contribution is 2.49. The van der Waals surface area contributed by atoms with Gasteiger partial charge in [0.15, 0.2) is 11.6 Å². The van der Waals surface area contributed by atoms with Crippen LogP contribution < -0.4 is 0 Å². The van der Waals surface area contributed by atoms with Gasteiger partial charge in [0, 0.05) is 112 Å². The molecule has 0 aliphatic carbocycles. The van der Waals surface area contributed by atoms with Crippen molar-refractivity contribution in [2.24, 2.45) is 0 Å². The van der Waals surface area contributed by atoms with E-state index >= 15 is 0 Å². The molecule has 0 spiro atoms. The molecule has 9 aromatic heterocycles. The Kier molecular flexibility index (Phi) is 20.4. The number of hydrogen-bond donors (Lipinski definition) is 0. The van der Waals surface area contributed by atoms with E-state index in [2.05, 4.69) is 420 Å². The Hall–Kier alpha value is -18.5. The van der Waals surface area contributed by atoms with Crippen LogP contribution in [0.15, 0.2) is 490 Å². The minimum absolute atomic E-state index is 0.591. The summed E-state index contributed by atoms with van der Waals surface area (Å²) in [5.74, 6) is 3.17. The van der Waals surface area contributed by atoms with Gasteiger partial charge in [-0.2, -0.15) is 9.97 Å². The molecule has 29 aromatic rings. The minimum atomic E-state index is 0.591. The third-order valence-corrected chi connectivity index (χ3v) is 29.8. The van der Waals surface area contributed by atoms with Crippen molar-refractivity contribution in [2.75, 3.05) is 0 Å². The van der Waals surface area contributed by atoms with Gasteiger partial charge in [-0.15, -0.1) is 22.7 Å². The Morgan fingerprint density at radius 1 is 0.197 bits per heavy atom. The zero-order chi connectivity index (χ0) is 93.7. The molecule has 0 radical (unpaired) electrons. The molecule has 0 saturated carbocycles. The van der Waals surface area contributed by atoms with Gasteiger partial charge in [-0.25, -0.2) is 24.9 Å². The van der Waals surface area contributed by atoms with E-state index in [1.54, 1.807) is 0 Å². The van der Waals surface area contributed by atoms with Gasteiger partial charge in [0.1, 0.15) is 11.2 Å². The molecule has 0 bridgehead atoms. The molecular weight excluding hydrogens is 1770 g/mol. The molecule has 0 unspecified atom stereocenters. The highest BCUT2D eigenvalue weighted by Gasteiger charge is 2.27. The van der Waals surface area contributed by atoms with Crippen LogP contribution in [0.5, 0.6) is 0 Å². The number of fused-ring (bicyclic) bond motifs is 22. The van der Waals surface area contributed by atoms with E-state index in [0.29, 0.717) is 29.5 Å². The van der Waals surface area contributed by atoms with E-state index in [0.717, 1.165) is 133 Å². The van der Waals surface area contributed by atoms with Crippen molar-refractivity contribution < 1.29 is 4.42 Å². The second-order valence-corrected chi connectivity index (χ2v) is 37.8. The number of thiophene rings is 2. The maximum absolute atomic E-state index is 6.52. The summed E-state index contributed by atoms with van der Waals surface area (Å²) < 4.78 is 18.3. The van der Waals surface area contributed by atoms with Crippen molar-refractivity contribution in [1.82, 2.24) is 48.6 Å². The number of hydrogen-bond acceptors (Lipinski definition) is 10. The van der Waals surface area contributed by atoms with Crippen LogP contribution in [-0.4, -0.2) is 48.6 Å². The van der Waals surface area contributed by atoms with E-state index in [1.807, 2.05) is 102 Å². The first-order valence-electron chi connectivity index (χ1n) is 47.6. The van der Waals surface area contributed by atoms with E-state index in [9.17, 15) is 0 Å². The molecule has 0 aliphatic heterocycles. The number of rotatable bonds is 13. The molecule has 0 aliphatic rings. The maximum atomic E-state index is 6.52. The number of benzene rings is 20. The van der Waals surface area contributed by atoms with E-state index < -0.39 is 0 Å². The zero-order valence-electron chi connectivity index (χ0n) is 76.4. The van der Waals surface area contributed by atoms with Gasteiger partial charge in [0.25, 0.3) is 0 Å². The number of para-hydroxylation sites is 4. The van der Waals surface area contributed by atoms with Gasteiger partial charge < -0.3 is 4.42 Å². The quantitative estimate of drug-likeness (QED) is 0.112. The Labute approximate surface area is 823 Å². The fraction of sp³-hybridized carbons (Fsp3) is 0. The lowest BCUT2D eigenvalue weighted by molar-refractivity contribution is 0.673. The molecule has 29 rings (SSSR count). The standard InChI is InChI=1S/C45H28N4S.C44H27N3O.C40H25N3S/c1-4-13-29(14-5-1)32-19-12-20-33(27-32)34-23-24-37-39(28-34)49(38-26-25-36-35-21-10-11-22-40(35)50-42(36)41(37)38)45-47-43(30-15-6-2-7-16-30)46-44(48-45)31-17-8-3-9-18-31;1-2-11-28(12-3-1)29-21-23-30(24-22-29)31-13-10-14-32(27-31)42-35-16-4-7-18-37(35)45-44(46-42)47-38-19-8-5-17-36(38)41-39(47)26-25-34-33-15-6-9-20-40(33)48-43(34)41;1-2-8-26(9-3-1)27-14-16-28(17-15-27)29-18-20-30(21-19-29)34-24-25-41-40(42-34)43-35-12-6-4-11-33(35)38-36(43)23-22-32-31-10-5-7-13-37(31)44-39(32)38/h1-28H;1-27H;1-25H. The molecular formula is C129H80N10OS2. The van der Waals surface area contributed by atoms with Crippen LogP contribution in [0.25, 0.3) is 269 Å². The first-order chi connectivity index (χ1) is 70.4. The summed E-state index contributed by atoms with van der Waals surface area (Å²) in [5.41, 5.74) is 29.1. The number of aromatic nitrogens is 10. The lowest BCUT2D eigenvalue weighted by Crippen LogP contribution is -2.06. The Morgan fingerprint density at radius 2 is 0.556 bits per heavy atom. The molecule has 0 amide bonds. The molecule has 0 saturated heterocycles. The molecule has 11 nitrogen and oxygen atoms in total. The fourth-order valence-corrected chi connectivity index (χ4v) is 23.2. The SMILES string of the molecule is c1ccc(-c2ccc(-c3ccc(-c4ccnc(-n5c6ccccc6c6c7sc8ccccc8c7ccc65)n4)cc3)cc2)cc1.c1ccc(-c2ccc(-c3cccc(-c4nc(-n5c6ccccc6c6c7oc8ccccc8c7ccc65)nc5ccccc45)c3)cc2)cc1.c1ccc(-c2cccc(-c3ccc4c5c6sc7ccccc7c6ccc5n(-c5nc(-c6ccccc6)nc(-c6ccccc6)n5)c4c3)c2)cc1. The van der Waals surface area contributed by atoms with E-state index in [1.165, 1.54) is 106 Å². The Balaban J connectivity index is 0.000000107. The largest absolute Gasteiger partial charge is 0.455 e. The topological polar surface area (TPSA) is 118 Å². The predicted octanol–water partition coefficient (Wildman–Crippen LogP) is 34.6. The molecule has 13 heteroatoms. The lowest BCUT2D eigenvalue weighted by Gasteiger charge is -2.13. The van der Waals surface area contributed by atoms with Gasteiger partial charge in [-0.1, -0.05) is 394 Å². The normalized spacial score (nSPS) is 11.7. The smallest absolute Gasteiger partial charge is 0.238 e. The van der Waals surface area contributed by atoms with Crippen molar-refractivity contribution in [1.29, 1.82) is 0 Å². The van der Waals surface area contributed by atoms with Gasteiger partial charge >= 0.3 is 0 Å². The van der Waals surface area contributed by atoms with Crippen LogP contribution in [0.2, 0.25) is 0 Å². The summed E-state index contributed by atoms with van der Waals surface area (Å²) in [6.07, 6.45) is 1.87. The van der Waals surface area contributed by atoms with Crippen LogP contribution in [0.4, 0.5) is 0 Å². The zero-order valence-corrected chi connectivity index (χ0v) is 78.0. The molecule has 142 heavy (non-hydrogen) atoms. The van der Waals surface area contributed by atoms with Crippen LogP contribution in [0.1, 0.15) is 0 Å². The van der Waals surface area contributed by atoms with Crippen molar-refractivity contribution in [3.8, 4) is 130 Å². The summed E-state index contributed by atoms with van der Waals surface area (Å²) in [6, 6.07) is 169. The van der Waals surface area contributed by atoms with Crippen molar-refractivity contribution in [3.05, 3.63) is 485 Å². The van der Waals surface area contributed by atoms with Crippen molar-refractivity contribution >= 4 is 161 Å².